The fourth-order valence-corrected chi connectivity index (χ4v) is 5.27. The highest BCUT2D eigenvalue weighted by atomic mass is 32.2. The maximum atomic E-state index is 13.0. The van der Waals surface area contributed by atoms with Crippen LogP contribution in [0.15, 0.2) is 56.9 Å². The van der Waals surface area contributed by atoms with Gasteiger partial charge < -0.3 is 14.3 Å². The highest BCUT2D eigenvalue weighted by Gasteiger charge is 2.27. The molecule has 0 spiro atoms. The largest absolute Gasteiger partial charge is 0.467 e. The molecule has 9 heteroatoms. The third-order valence-electron chi connectivity index (χ3n) is 5.36. The average molecular weight is 429 g/mol. The van der Waals surface area contributed by atoms with Crippen molar-refractivity contribution in [3.05, 3.63) is 64.3 Å². The molecule has 30 heavy (non-hydrogen) atoms. The summed E-state index contributed by atoms with van der Waals surface area (Å²) in [5.41, 5.74) is -0.00000520. The van der Waals surface area contributed by atoms with E-state index in [2.05, 4.69) is 5.32 Å². The number of benzene rings is 1. The molecule has 0 radical (unpaired) electrons. The molecule has 0 atom stereocenters. The van der Waals surface area contributed by atoms with Crippen LogP contribution < -0.4 is 10.7 Å². The molecule has 1 aliphatic heterocycles. The van der Waals surface area contributed by atoms with E-state index in [1.165, 1.54) is 28.9 Å². The molecule has 158 valence electrons. The van der Waals surface area contributed by atoms with Gasteiger partial charge in [-0.05, 0) is 43.2 Å². The third-order valence-corrected chi connectivity index (χ3v) is 7.26. The zero-order chi connectivity index (χ0) is 21.3. The number of rotatable bonds is 5. The van der Waals surface area contributed by atoms with Crippen LogP contribution >= 0.6 is 0 Å². The Morgan fingerprint density at radius 1 is 1.17 bits per heavy atom. The number of fused-ring (bicyclic) bond motifs is 1. The van der Waals surface area contributed by atoms with Crippen molar-refractivity contribution in [2.45, 2.75) is 30.7 Å². The molecule has 2 aromatic heterocycles. The van der Waals surface area contributed by atoms with Crippen LogP contribution in [0.2, 0.25) is 0 Å². The fraction of sp³-hybridized carbons (Fsp3) is 0.333. The van der Waals surface area contributed by atoms with E-state index in [-0.39, 0.29) is 22.4 Å². The van der Waals surface area contributed by atoms with Crippen LogP contribution in [-0.4, -0.2) is 36.3 Å². The molecule has 1 saturated heterocycles. The molecule has 0 unspecified atom stereocenters. The van der Waals surface area contributed by atoms with Gasteiger partial charge >= 0.3 is 0 Å². The summed E-state index contributed by atoms with van der Waals surface area (Å²) in [7, 11) is -1.97. The Kier molecular flexibility index (Phi) is 5.48. The fourth-order valence-electron chi connectivity index (χ4n) is 3.72. The number of aryl methyl sites for hydroxylation is 1. The van der Waals surface area contributed by atoms with Gasteiger partial charge in [0.15, 0.2) is 0 Å². The lowest BCUT2D eigenvalue weighted by atomic mass is 10.1. The van der Waals surface area contributed by atoms with Crippen LogP contribution in [0.3, 0.4) is 0 Å². The Hall–Kier alpha value is -2.91. The molecule has 0 saturated carbocycles. The van der Waals surface area contributed by atoms with E-state index < -0.39 is 21.4 Å². The number of nitrogens with zero attached hydrogens (tertiary/aromatic N) is 2. The number of amides is 1. The van der Waals surface area contributed by atoms with Crippen LogP contribution in [0, 0.1) is 0 Å². The van der Waals surface area contributed by atoms with E-state index in [0.29, 0.717) is 24.4 Å². The van der Waals surface area contributed by atoms with Crippen LogP contribution in [0.5, 0.6) is 0 Å². The van der Waals surface area contributed by atoms with Crippen molar-refractivity contribution >= 4 is 26.8 Å². The highest BCUT2D eigenvalue weighted by Crippen LogP contribution is 2.23. The van der Waals surface area contributed by atoms with Crippen molar-refractivity contribution in [1.82, 2.24) is 14.2 Å². The normalized spacial score (nSPS) is 15.4. The predicted molar refractivity (Wildman–Crippen MR) is 112 cm³/mol. The van der Waals surface area contributed by atoms with Crippen molar-refractivity contribution in [2.24, 2.45) is 7.05 Å². The first kappa shape index (κ1) is 20.4. The Morgan fingerprint density at radius 2 is 1.93 bits per heavy atom. The van der Waals surface area contributed by atoms with E-state index in [1.807, 2.05) is 0 Å². The molecule has 0 aliphatic carbocycles. The molecular weight excluding hydrogens is 406 g/mol. The molecule has 3 heterocycles. The van der Waals surface area contributed by atoms with E-state index in [1.54, 1.807) is 29.8 Å². The zero-order valence-electron chi connectivity index (χ0n) is 16.6. The van der Waals surface area contributed by atoms with Crippen molar-refractivity contribution in [3.8, 4) is 0 Å². The topological polar surface area (TPSA) is 102 Å². The van der Waals surface area contributed by atoms with E-state index in [9.17, 15) is 18.0 Å². The predicted octanol–water partition coefficient (Wildman–Crippen LogP) is 2.24. The van der Waals surface area contributed by atoms with Gasteiger partial charge in [-0.25, -0.2) is 8.42 Å². The lowest BCUT2D eigenvalue weighted by molar-refractivity contribution is 0.0946. The van der Waals surface area contributed by atoms with Gasteiger partial charge in [-0.15, -0.1) is 0 Å². The Bertz CT molecular complexity index is 1240. The summed E-state index contributed by atoms with van der Waals surface area (Å²) >= 11 is 0. The number of carbonyl (C=O) groups is 1. The molecule has 4 rings (SSSR count). The number of furan rings is 1. The van der Waals surface area contributed by atoms with Gasteiger partial charge in [0.2, 0.25) is 15.5 Å². The molecule has 1 aliphatic rings. The van der Waals surface area contributed by atoms with E-state index >= 15 is 0 Å². The summed E-state index contributed by atoms with van der Waals surface area (Å²) in [5.74, 6) is 0.0223. The van der Waals surface area contributed by atoms with Crippen LogP contribution in [0.25, 0.3) is 10.9 Å². The summed E-state index contributed by atoms with van der Waals surface area (Å²) < 4.78 is 34.3. The van der Waals surface area contributed by atoms with Gasteiger partial charge in [0, 0.05) is 31.7 Å². The number of sulfonamides is 1. The Labute approximate surface area is 174 Å². The van der Waals surface area contributed by atoms with Gasteiger partial charge in [-0.3, -0.25) is 9.59 Å². The van der Waals surface area contributed by atoms with E-state index in [4.69, 9.17) is 4.42 Å². The van der Waals surface area contributed by atoms with E-state index in [0.717, 1.165) is 19.3 Å². The average Bonchev–Trinajstić information content (AvgIpc) is 3.28. The number of hydrogen-bond donors (Lipinski definition) is 1. The summed E-state index contributed by atoms with van der Waals surface area (Å²) in [5, 5.41) is 2.85. The maximum absolute atomic E-state index is 13.0. The summed E-state index contributed by atoms with van der Waals surface area (Å²) in [4.78, 5) is 25.7. The number of hydrogen-bond acceptors (Lipinski definition) is 5. The first-order valence-corrected chi connectivity index (χ1v) is 11.3. The standard InChI is InChI=1S/C21H23N3O5S/c1-23-14-18(21(26)22-13-15-6-5-11-29-15)20(25)17-12-16(7-8-19(17)23)30(27,28)24-9-3-2-4-10-24/h5-8,11-12,14H,2-4,9-10,13H2,1H3,(H,22,26). The first-order valence-electron chi connectivity index (χ1n) is 9.82. The number of nitrogens with one attached hydrogen (secondary N) is 1. The molecule has 1 fully saturated rings. The molecule has 8 nitrogen and oxygen atoms in total. The minimum absolute atomic E-state index is 0.0518. The van der Waals surface area contributed by atoms with Gasteiger partial charge in [0.05, 0.1) is 23.2 Å². The summed E-state index contributed by atoms with van der Waals surface area (Å²) in [6, 6.07) is 7.93. The van der Waals surface area contributed by atoms with Crippen LogP contribution in [0.1, 0.15) is 35.4 Å². The number of carbonyl (C=O) groups excluding carboxylic acids is 1. The van der Waals surface area contributed by atoms with Gasteiger partial charge in [-0.1, -0.05) is 6.42 Å². The molecule has 1 amide bonds. The van der Waals surface area contributed by atoms with Gasteiger partial charge in [0.1, 0.15) is 11.3 Å². The second-order valence-corrected chi connectivity index (χ2v) is 9.33. The van der Waals surface area contributed by atoms with Crippen molar-refractivity contribution in [2.75, 3.05) is 13.1 Å². The molecular formula is C21H23N3O5S. The summed E-state index contributed by atoms with van der Waals surface area (Å²) in [6.07, 6.45) is 5.63. The van der Waals surface area contributed by atoms with Gasteiger partial charge in [-0.2, -0.15) is 4.31 Å². The Balaban J connectivity index is 1.71. The van der Waals surface area contributed by atoms with Crippen molar-refractivity contribution in [3.63, 3.8) is 0 Å². The number of piperidine rings is 1. The smallest absolute Gasteiger partial charge is 0.257 e. The molecule has 0 bridgehead atoms. The van der Waals surface area contributed by atoms with Crippen molar-refractivity contribution in [1.29, 1.82) is 0 Å². The Morgan fingerprint density at radius 3 is 2.63 bits per heavy atom. The first-order chi connectivity index (χ1) is 14.4. The second kappa shape index (κ2) is 8.08. The van der Waals surface area contributed by atoms with Crippen molar-refractivity contribution < 1.29 is 17.6 Å². The quantitative estimate of drug-likeness (QED) is 0.670. The SMILES string of the molecule is Cn1cc(C(=O)NCc2ccco2)c(=O)c2cc(S(=O)(=O)N3CCCCC3)ccc21. The number of pyridine rings is 1. The minimum atomic E-state index is -3.68. The molecule has 1 N–H and O–H groups in total. The second-order valence-electron chi connectivity index (χ2n) is 7.39. The maximum Gasteiger partial charge on any atom is 0.257 e. The van der Waals surface area contributed by atoms with Gasteiger partial charge in [0.25, 0.3) is 5.91 Å². The molecule has 1 aromatic carbocycles. The lowest BCUT2D eigenvalue weighted by Crippen LogP contribution is -2.35. The molecule has 3 aromatic rings. The third kappa shape index (κ3) is 3.78. The number of aromatic nitrogens is 1. The summed E-state index contributed by atoms with van der Waals surface area (Å²) in [6.45, 7) is 1.11. The zero-order valence-corrected chi connectivity index (χ0v) is 17.4. The van der Waals surface area contributed by atoms with Crippen LogP contribution in [0.4, 0.5) is 0 Å². The van der Waals surface area contributed by atoms with Crippen LogP contribution in [-0.2, 0) is 23.6 Å². The minimum Gasteiger partial charge on any atom is -0.467 e. The lowest BCUT2D eigenvalue weighted by Gasteiger charge is -2.26. The highest BCUT2D eigenvalue weighted by molar-refractivity contribution is 7.89. The monoisotopic (exact) mass is 429 g/mol.